The van der Waals surface area contributed by atoms with E-state index in [9.17, 15) is 4.57 Å². The normalized spacial score (nSPS) is 14.5. The van der Waals surface area contributed by atoms with Crippen molar-refractivity contribution in [1.29, 1.82) is 10.5 Å². The molecule has 0 aromatic heterocycles. The molecule has 1 unspecified atom stereocenters. The van der Waals surface area contributed by atoms with Gasteiger partial charge in [-0.05, 0) is 17.7 Å². The van der Waals surface area contributed by atoms with Gasteiger partial charge in [0, 0.05) is 14.2 Å². The Morgan fingerprint density at radius 2 is 1.81 bits per heavy atom. The van der Waals surface area contributed by atoms with Crippen molar-refractivity contribution in [3.8, 4) is 23.6 Å². The van der Waals surface area contributed by atoms with Gasteiger partial charge < -0.3 is 18.5 Å². The van der Waals surface area contributed by atoms with Crippen LogP contribution in [0.4, 0.5) is 0 Å². The lowest BCUT2D eigenvalue weighted by molar-refractivity contribution is 0.174. The van der Waals surface area contributed by atoms with Crippen LogP contribution in [0.1, 0.15) is 11.2 Å². The fourth-order valence-corrected chi connectivity index (χ4v) is 3.75. The third-order valence-corrected chi connectivity index (χ3v) is 5.48. The fraction of sp³-hybridized carbons (Fsp3) is 0.385. The van der Waals surface area contributed by atoms with E-state index < -0.39 is 19.2 Å². The predicted octanol–water partition coefficient (Wildman–Crippen LogP) is 2.61. The Labute approximate surface area is 122 Å². The molecule has 0 fully saturated rings. The van der Waals surface area contributed by atoms with E-state index in [0.717, 1.165) is 0 Å². The molecule has 8 heteroatoms. The van der Waals surface area contributed by atoms with Gasteiger partial charge in [-0.1, -0.05) is 6.07 Å². The highest BCUT2D eigenvalue weighted by molar-refractivity contribution is 7.54. The molecule has 2 rings (SSSR count). The molecular weight excluding hydrogens is 295 g/mol. The molecular formula is C13H13N2O5P. The van der Waals surface area contributed by atoms with Crippen molar-refractivity contribution in [2.24, 2.45) is 5.92 Å². The molecule has 1 aromatic rings. The van der Waals surface area contributed by atoms with Crippen LogP contribution in [0.25, 0.3) is 0 Å². The molecule has 110 valence electrons. The Morgan fingerprint density at radius 1 is 1.19 bits per heavy atom. The third kappa shape index (κ3) is 2.72. The second kappa shape index (κ2) is 6.15. The fourth-order valence-electron chi connectivity index (χ4n) is 2.13. The average Bonchev–Trinajstić information content (AvgIpc) is 2.99. The van der Waals surface area contributed by atoms with Crippen LogP contribution in [-0.4, -0.2) is 21.0 Å². The van der Waals surface area contributed by atoms with Crippen LogP contribution in [0.3, 0.4) is 0 Å². The van der Waals surface area contributed by atoms with E-state index in [0.29, 0.717) is 17.1 Å². The Morgan fingerprint density at radius 3 is 2.38 bits per heavy atom. The van der Waals surface area contributed by atoms with E-state index in [4.69, 9.17) is 29.0 Å². The molecule has 0 aliphatic carbocycles. The summed E-state index contributed by atoms with van der Waals surface area (Å²) in [6, 6.07) is 8.48. The highest BCUT2D eigenvalue weighted by atomic mass is 31.2. The summed E-state index contributed by atoms with van der Waals surface area (Å²) in [5, 5.41) is 18.3. The maximum atomic E-state index is 12.7. The number of nitriles is 2. The zero-order valence-corrected chi connectivity index (χ0v) is 12.4. The molecule has 1 aromatic carbocycles. The number of hydrogen-bond acceptors (Lipinski definition) is 7. The first-order valence-electron chi connectivity index (χ1n) is 5.99. The molecule has 0 N–H and O–H groups in total. The van der Waals surface area contributed by atoms with Crippen LogP contribution in [-0.2, 0) is 13.6 Å². The largest absolute Gasteiger partial charge is 0.454 e. The molecule has 0 amide bonds. The zero-order valence-electron chi connectivity index (χ0n) is 11.5. The SMILES string of the molecule is COP(=O)(OC)C(c1ccc2c(c1)OCO2)C(C#N)C#N. The highest BCUT2D eigenvalue weighted by Crippen LogP contribution is 2.63. The van der Waals surface area contributed by atoms with Gasteiger partial charge in [-0.2, -0.15) is 10.5 Å². The van der Waals surface area contributed by atoms with Gasteiger partial charge in [-0.15, -0.1) is 0 Å². The van der Waals surface area contributed by atoms with Crippen LogP contribution in [0.2, 0.25) is 0 Å². The van der Waals surface area contributed by atoms with Crippen LogP contribution in [0.5, 0.6) is 11.5 Å². The molecule has 0 saturated heterocycles. The number of ether oxygens (including phenoxy) is 2. The molecule has 7 nitrogen and oxygen atoms in total. The standard InChI is InChI=1S/C13H13N2O5P/c1-17-21(16,18-2)13(10(6-14)7-15)9-3-4-11-12(5-9)20-8-19-11/h3-5,10,13H,8H2,1-2H3. The van der Waals surface area contributed by atoms with Crippen molar-refractivity contribution >= 4 is 7.60 Å². The predicted molar refractivity (Wildman–Crippen MR) is 71.6 cm³/mol. The van der Waals surface area contributed by atoms with Crippen LogP contribution in [0.15, 0.2) is 18.2 Å². The summed E-state index contributed by atoms with van der Waals surface area (Å²) in [7, 11) is -1.23. The van der Waals surface area contributed by atoms with Gasteiger partial charge in [0.1, 0.15) is 5.66 Å². The van der Waals surface area contributed by atoms with Crippen LogP contribution < -0.4 is 9.47 Å². The molecule has 0 radical (unpaired) electrons. The Hall–Kier alpha value is -2.05. The van der Waals surface area contributed by atoms with Crippen molar-refractivity contribution < 1.29 is 23.1 Å². The first-order valence-corrected chi connectivity index (χ1v) is 7.60. The minimum Gasteiger partial charge on any atom is -0.454 e. The molecule has 1 atom stereocenters. The van der Waals surface area contributed by atoms with Crippen molar-refractivity contribution in [2.45, 2.75) is 5.66 Å². The minimum absolute atomic E-state index is 0.0929. The summed E-state index contributed by atoms with van der Waals surface area (Å²) in [6.07, 6.45) is 0. The summed E-state index contributed by atoms with van der Waals surface area (Å²) >= 11 is 0. The minimum atomic E-state index is -3.67. The third-order valence-electron chi connectivity index (χ3n) is 3.18. The lowest BCUT2D eigenvalue weighted by atomic mass is 10.0. The van der Waals surface area contributed by atoms with Gasteiger partial charge in [-0.3, -0.25) is 4.57 Å². The molecule has 0 spiro atoms. The van der Waals surface area contributed by atoms with Gasteiger partial charge in [0.2, 0.25) is 6.79 Å². The average molecular weight is 308 g/mol. The lowest BCUT2D eigenvalue weighted by Crippen LogP contribution is -2.12. The Balaban J connectivity index is 2.53. The molecule has 1 aliphatic rings. The summed E-state index contributed by atoms with van der Waals surface area (Å²) in [4.78, 5) is 0. The van der Waals surface area contributed by atoms with Crippen LogP contribution >= 0.6 is 7.60 Å². The maximum Gasteiger partial charge on any atom is 0.339 e. The first-order chi connectivity index (χ1) is 10.1. The van der Waals surface area contributed by atoms with Gasteiger partial charge in [0.15, 0.2) is 17.4 Å². The van der Waals surface area contributed by atoms with E-state index in [1.807, 2.05) is 12.1 Å². The summed E-state index contributed by atoms with van der Waals surface area (Å²) < 4.78 is 33.1. The summed E-state index contributed by atoms with van der Waals surface area (Å²) in [5.74, 6) is -0.172. The van der Waals surface area contributed by atoms with Gasteiger partial charge in [-0.25, -0.2) is 0 Å². The van der Waals surface area contributed by atoms with Gasteiger partial charge in [0.05, 0.1) is 12.1 Å². The number of nitrogens with zero attached hydrogens (tertiary/aromatic N) is 2. The second-order valence-electron chi connectivity index (χ2n) is 4.20. The topological polar surface area (TPSA) is 102 Å². The van der Waals surface area contributed by atoms with E-state index >= 15 is 0 Å². The maximum absolute atomic E-state index is 12.7. The van der Waals surface area contributed by atoms with Crippen LogP contribution in [0, 0.1) is 28.6 Å². The number of fused-ring (bicyclic) bond motifs is 1. The zero-order chi connectivity index (χ0) is 15.5. The van der Waals surface area contributed by atoms with Gasteiger partial charge >= 0.3 is 7.60 Å². The van der Waals surface area contributed by atoms with Crippen molar-refractivity contribution in [3.05, 3.63) is 23.8 Å². The number of benzene rings is 1. The molecule has 1 heterocycles. The van der Waals surface area contributed by atoms with E-state index in [1.54, 1.807) is 18.2 Å². The monoisotopic (exact) mass is 308 g/mol. The summed E-state index contributed by atoms with van der Waals surface area (Å²) in [6.45, 7) is 0.0929. The first kappa shape index (κ1) is 15.3. The van der Waals surface area contributed by atoms with E-state index in [2.05, 4.69) is 0 Å². The van der Waals surface area contributed by atoms with E-state index in [-0.39, 0.29) is 6.79 Å². The van der Waals surface area contributed by atoms with Gasteiger partial charge in [0.25, 0.3) is 0 Å². The Kier molecular flexibility index (Phi) is 4.50. The van der Waals surface area contributed by atoms with Crippen molar-refractivity contribution in [3.63, 3.8) is 0 Å². The smallest absolute Gasteiger partial charge is 0.339 e. The lowest BCUT2D eigenvalue weighted by Gasteiger charge is -2.25. The molecule has 1 aliphatic heterocycles. The highest BCUT2D eigenvalue weighted by Gasteiger charge is 2.42. The Bertz CT molecular complexity index is 642. The molecule has 0 bridgehead atoms. The van der Waals surface area contributed by atoms with Crippen molar-refractivity contribution in [1.82, 2.24) is 0 Å². The number of hydrogen-bond donors (Lipinski definition) is 0. The molecule has 0 saturated carbocycles. The molecule has 21 heavy (non-hydrogen) atoms. The van der Waals surface area contributed by atoms with E-state index in [1.165, 1.54) is 14.2 Å². The van der Waals surface area contributed by atoms with Crippen molar-refractivity contribution in [2.75, 3.05) is 21.0 Å². The summed E-state index contributed by atoms with van der Waals surface area (Å²) in [5.41, 5.74) is -0.573. The second-order valence-corrected chi connectivity index (χ2v) is 6.56. The number of rotatable bonds is 5. The quantitative estimate of drug-likeness (QED) is 0.770.